The molecule has 0 amide bonds. The highest BCUT2D eigenvalue weighted by atomic mass is 79.9. The smallest absolute Gasteiger partial charge is 0.270 e. The fourth-order valence-corrected chi connectivity index (χ4v) is 3.55. The molecule has 1 atom stereocenters. The van der Waals surface area contributed by atoms with Crippen molar-refractivity contribution >= 4 is 37.1 Å². The Morgan fingerprint density at radius 3 is 2.40 bits per heavy atom. The number of hydrogen-bond acceptors (Lipinski definition) is 5. The molecule has 0 aliphatic rings. The van der Waals surface area contributed by atoms with Crippen molar-refractivity contribution in [3.8, 4) is 0 Å². The highest BCUT2D eigenvalue weighted by molar-refractivity contribution is 9.10. The summed E-state index contributed by atoms with van der Waals surface area (Å²) in [6.45, 7) is 1.95. The SMILES string of the molecule is CC(CCc1ccc(Br)cc1)Nc1ccc([N+](=O)[O-])cc1S(C)(=O)=O. The molecule has 0 bridgehead atoms. The van der Waals surface area contributed by atoms with Gasteiger partial charge in [0, 0.05) is 28.9 Å². The zero-order chi connectivity index (χ0) is 18.6. The highest BCUT2D eigenvalue weighted by Crippen LogP contribution is 2.27. The minimum absolute atomic E-state index is 0.00519. The zero-order valence-electron chi connectivity index (χ0n) is 13.9. The molecule has 6 nitrogen and oxygen atoms in total. The number of halogens is 1. The molecule has 0 saturated carbocycles. The molecule has 2 aromatic carbocycles. The Hall–Kier alpha value is -1.93. The van der Waals surface area contributed by atoms with Crippen LogP contribution in [0.4, 0.5) is 11.4 Å². The van der Waals surface area contributed by atoms with Crippen molar-refractivity contribution in [2.24, 2.45) is 0 Å². The van der Waals surface area contributed by atoms with Gasteiger partial charge in [0.15, 0.2) is 9.84 Å². The second-order valence-electron chi connectivity index (χ2n) is 5.92. The fraction of sp³-hybridized carbons (Fsp3) is 0.294. The van der Waals surface area contributed by atoms with Crippen LogP contribution < -0.4 is 5.32 Å². The molecule has 2 aromatic rings. The minimum atomic E-state index is -3.58. The number of rotatable bonds is 7. The van der Waals surface area contributed by atoms with Crippen LogP contribution in [-0.4, -0.2) is 25.6 Å². The first-order chi connectivity index (χ1) is 11.7. The summed E-state index contributed by atoms with van der Waals surface area (Å²) < 4.78 is 24.9. The maximum Gasteiger partial charge on any atom is 0.270 e. The van der Waals surface area contributed by atoms with Gasteiger partial charge in [-0.05, 0) is 43.5 Å². The molecule has 0 aromatic heterocycles. The predicted octanol–water partition coefficient (Wildman–Crippen LogP) is 4.19. The van der Waals surface area contributed by atoms with E-state index in [1.165, 1.54) is 17.7 Å². The van der Waals surface area contributed by atoms with E-state index in [2.05, 4.69) is 21.2 Å². The van der Waals surface area contributed by atoms with E-state index in [1.807, 2.05) is 31.2 Å². The third-order valence-electron chi connectivity index (χ3n) is 3.76. The summed E-state index contributed by atoms with van der Waals surface area (Å²) in [4.78, 5) is 10.2. The van der Waals surface area contributed by atoms with Gasteiger partial charge < -0.3 is 5.32 Å². The number of nitro benzene ring substituents is 1. The van der Waals surface area contributed by atoms with Crippen molar-refractivity contribution in [1.29, 1.82) is 0 Å². The van der Waals surface area contributed by atoms with Gasteiger partial charge in [-0.1, -0.05) is 28.1 Å². The Morgan fingerprint density at radius 1 is 1.20 bits per heavy atom. The van der Waals surface area contributed by atoms with E-state index in [0.29, 0.717) is 5.69 Å². The Labute approximate surface area is 155 Å². The lowest BCUT2D eigenvalue weighted by Gasteiger charge is -2.17. The van der Waals surface area contributed by atoms with E-state index in [4.69, 9.17) is 0 Å². The van der Waals surface area contributed by atoms with E-state index in [-0.39, 0.29) is 16.6 Å². The van der Waals surface area contributed by atoms with Crippen LogP contribution in [0.2, 0.25) is 0 Å². The molecule has 2 rings (SSSR count). The van der Waals surface area contributed by atoms with Gasteiger partial charge in [-0.3, -0.25) is 10.1 Å². The van der Waals surface area contributed by atoms with Crippen LogP contribution in [0.3, 0.4) is 0 Å². The molecule has 134 valence electrons. The van der Waals surface area contributed by atoms with Crippen LogP contribution in [0.15, 0.2) is 51.8 Å². The van der Waals surface area contributed by atoms with Gasteiger partial charge in [0.2, 0.25) is 0 Å². The van der Waals surface area contributed by atoms with Crippen LogP contribution in [0.5, 0.6) is 0 Å². The number of nitrogens with zero attached hydrogens (tertiary/aromatic N) is 1. The van der Waals surface area contributed by atoms with Crippen LogP contribution >= 0.6 is 15.9 Å². The molecule has 0 aliphatic heterocycles. The molecule has 0 fully saturated rings. The van der Waals surface area contributed by atoms with Crippen molar-refractivity contribution in [3.63, 3.8) is 0 Å². The van der Waals surface area contributed by atoms with E-state index >= 15 is 0 Å². The van der Waals surface area contributed by atoms with Gasteiger partial charge in [0.05, 0.1) is 15.5 Å². The maximum atomic E-state index is 12.0. The molecular formula is C17H19BrN2O4S. The summed E-state index contributed by atoms with van der Waals surface area (Å²) in [6.07, 6.45) is 2.67. The summed E-state index contributed by atoms with van der Waals surface area (Å²) in [5, 5.41) is 14.0. The topological polar surface area (TPSA) is 89.3 Å². The minimum Gasteiger partial charge on any atom is -0.382 e. The van der Waals surface area contributed by atoms with Crippen LogP contribution in [0, 0.1) is 10.1 Å². The summed E-state index contributed by atoms with van der Waals surface area (Å²) in [5.41, 5.74) is 1.33. The number of non-ortho nitro benzene ring substituents is 1. The standard InChI is InChI=1S/C17H19BrN2O4S/c1-12(3-4-13-5-7-14(18)8-6-13)19-16-10-9-15(20(21)22)11-17(16)25(2,23)24/h5-12,19H,3-4H2,1-2H3. The summed E-state index contributed by atoms with van der Waals surface area (Å²) in [6, 6.07) is 11.9. The van der Waals surface area contributed by atoms with Gasteiger partial charge in [0.1, 0.15) is 0 Å². The normalized spacial score (nSPS) is 12.6. The molecule has 8 heteroatoms. The second-order valence-corrected chi connectivity index (χ2v) is 8.82. The predicted molar refractivity (Wildman–Crippen MR) is 102 cm³/mol. The third kappa shape index (κ3) is 5.54. The summed E-state index contributed by atoms with van der Waals surface area (Å²) in [5.74, 6) is 0. The van der Waals surface area contributed by atoms with Crippen molar-refractivity contribution in [2.75, 3.05) is 11.6 Å². The molecule has 0 saturated heterocycles. The largest absolute Gasteiger partial charge is 0.382 e. The molecule has 0 radical (unpaired) electrons. The maximum absolute atomic E-state index is 12.0. The number of nitrogens with one attached hydrogen (secondary N) is 1. The number of hydrogen-bond donors (Lipinski definition) is 1. The van der Waals surface area contributed by atoms with Crippen LogP contribution in [0.1, 0.15) is 18.9 Å². The Bertz CT molecular complexity index is 867. The zero-order valence-corrected chi connectivity index (χ0v) is 16.3. The highest BCUT2D eigenvalue weighted by Gasteiger charge is 2.19. The molecule has 0 heterocycles. The quantitative estimate of drug-likeness (QED) is 0.529. The lowest BCUT2D eigenvalue weighted by Crippen LogP contribution is -2.18. The molecular weight excluding hydrogens is 408 g/mol. The van der Waals surface area contributed by atoms with Crippen molar-refractivity contribution in [3.05, 3.63) is 62.6 Å². The first-order valence-electron chi connectivity index (χ1n) is 7.66. The molecule has 1 N–H and O–H groups in total. The molecule has 0 spiro atoms. The number of nitro groups is 1. The van der Waals surface area contributed by atoms with E-state index in [0.717, 1.165) is 29.6 Å². The van der Waals surface area contributed by atoms with Crippen molar-refractivity contribution < 1.29 is 13.3 Å². The Morgan fingerprint density at radius 2 is 1.84 bits per heavy atom. The Balaban J connectivity index is 2.12. The van der Waals surface area contributed by atoms with Gasteiger partial charge in [-0.2, -0.15) is 0 Å². The summed E-state index contributed by atoms with van der Waals surface area (Å²) >= 11 is 3.40. The van der Waals surface area contributed by atoms with Crippen LogP contribution in [-0.2, 0) is 16.3 Å². The molecule has 25 heavy (non-hydrogen) atoms. The van der Waals surface area contributed by atoms with E-state index in [1.54, 1.807) is 0 Å². The molecule has 1 unspecified atom stereocenters. The monoisotopic (exact) mass is 426 g/mol. The van der Waals surface area contributed by atoms with Gasteiger partial charge >= 0.3 is 0 Å². The van der Waals surface area contributed by atoms with Crippen LogP contribution in [0.25, 0.3) is 0 Å². The lowest BCUT2D eigenvalue weighted by atomic mass is 10.1. The number of anilines is 1. The number of aryl methyl sites for hydroxylation is 1. The average molecular weight is 427 g/mol. The third-order valence-corrected chi connectivity index (χ3v) is 5.42. The fourth-order valence-electron chi connectivity index (χ4n) is 2.42. The van der Waals surface area contributed by atoms with Gasteiger partial charge in [-0.25, -0.2) is 8.42 Å². The second kappa shape index (κ2) is 7.97. The van der Waals surface area contributed by atoms with Crippen molar-refractivity contribution in [2.45, 2.75) is 30.7 Å². The molecule has 0 aliphatic carbocycles. The Kier molecular flexibility index (Phi) is 6.18. The van der Waals surface area contributed by atoms with Gasteiger partial charge in [0.25, 0.3) is 5.69 Å². The summed E-state index contributed by atoms with van der Waals surface area (Å²) in [7, 11) is -3.58. The number of benzene rings is 2. The average Bonchev–Trinajstić information content (AvgIpc) is 2.53. The first kappa shape index (κ1) is 19.4. The van der Waals surface area contributed by atoms with E-state index in [9.17, 15) is 18.5 Å². The first-order valence-corrected chi connectivity index (χ1v) is 10.3. The van der Waals surface area contributed by atoms with Crippen molar-refractivity contribution in [1.82, 2.24) is 0 Å². The lowest BCUT2D eigenvalue weighted by molar-refractivity contribution is -0.385. The number of sulfone groups is 1. The van der Waals surface area contributed by atoms with Gasteiger partial charge in [-0.15, -0.1) is 0 Å². The van der Waals surface area contributed by atoms with E-state index < -0.39 is 14.8 Å².